The smallest absolute Gasteiger partial charge is 0.255 e. The summed E-state index contributed by atoms with van der Waals surface area (Å²) < 4.78 is 39.5. The molecule has 1 heterocycles. The summed E-state index contributed by atoms with van der Waals surface area (Å²) in [5, 5.41) is 2.34. The van der Waals surface area contributed by atoms with Gasteiger partial charge >= 0.3 is 0 Å². The largest absolute Gasteiger partial charge is 0.343 e. The van der Waals surface area contributed by atoms with Crippen LogP contribution >= 0.6 is 11.6 Å². The summed E-state index contributed by atoms with van der Waals surface area (Å²) in [4.78, 5) is 39.8. The van der Waals surface area contributed by atoms with Gasteiger partial charge in [-0.3, -0.25) is 14.4 Å². The topological polar surface area (TPSA) is 69.7 Å². The van der Waals surface area contributed by atoms with E-state index in [9.17, 15) is 27.6 Å². The van der Waals surface area contributed by atoms with E-state index >= 15 is 0 Å². The van der Waals surface area contributed by atoms with Crippen molar-refractivity contribution in [2.24, 2.45) is 0 Å². The molecule has 30 heavy (non-hydrogen) atoms. The Hall–Kier alpha value is -3.07. The van der Waals surface area contributed by atoms with Gasteiger partial charge in [-0.25, -0.2) is 13.2 Å². The number of benzene rings is 2. The molecule has 0 aromatic heterocycles. The molecule has 0 saturated carbocycles. The summed E-state index contributed by atoms with van der Waals surface area (Å²) in [6, 6.07) is 5.89. The number of rotatable bonds is 4. The van der Waals surface area contributed by atoms with Crippen LogP contribution in [0.3, 0.4) is 0 Å². The maximum Gasteiger partial charge on any atom is 0.255 e. The maximum atomic E-state index is 13.2. The number of halogens is 4. The number of carbonyl (C=O) groups excluding carboxylic acids is 3. The van der Waals surface area contributed by atoms with Crippen molar-refractivity contribution in [1.29, 1.82) is 0 Å². The van der Waals surface area contributed by atoms with Crippen LogP contribution in [-0.2, 0) is 4.79 Å². The number of hydrogen-bond donors (Lipinski definition) is 1. The van der Waals surface area contributed by atoms with Crippen LogP contribution in [0.2, 0.25) is 5.02 Å². The lowest BCUT2D eigenvalue weighted by molar-refractivity contribution is -0.131. The number of hydrogen-bond acceptors (Lipinski definition) is 3. The van der Waals surface area contributed by atoms with Crippen LogP contribution in [0.15, 0.2) is 36.4 Å². The third kappa shape index (κ3) is 5.10. The lowest BCUT2D eigenvalue weighted by Gasteiger charge is -2.35. The van der Waals surface area contributed by atoms with E-state index in [0.717, 1.165) is 24.3 Å². The maximum absolute atomic E-state index is 13.2. The molecule has 2 aromatic rings. The van der Waals surface area contributed by atoms with Crippen molar-refractivity contribution in [1.82, 2.24) is 15.1 Å². The van der Waals surface area contributed by atoms with Gasteiger partial charge in [-0.05, 0) is 30.3 Å². The summed E-state index contributed by atoms with van der Waals surface area (Å²) >= 11 is 5.92. The van der Waals surface area contributed by atoms with E-state index in [1.807, 2.05) is 0 Å². The molecule has 6 nitrogen and oxygen atoms in total. The first-order valence-electron chi connectivity index (χ1n) is 9.01. The van der Waals surface area contributed by atoms with Gasteiger partial charge in [0.2, 0.25) is 5.91 Å². The second-order valence-corrected chi connectivity index (χ2v) is 7.05. The van der Waals surface area contributed by atoms with Crippen molar-refractivity contribution in [2.45, 2.75) is 0 Å². The van der Waals surface area contributed by atoms with Crippen molar-refractivity contribution in [3.8, 4) is 0 Å². The highest BCUT2D eigenvalue weighted by molar-refractivity contribution is 6.33. The number of nitrogens with zero attached hydrogens (tertiary/aromatic N) is 2. The molecule has 1 saturated heterocycles. The van der Waals surface area contributed by atoms with Gasteiger partial charge in [-0.1, -0.05) is 11.6 Å². The number of carbonyl (C=O) groups is 3. The Morgan fingerprint density at radius 3 is 2.07 bits per heavy atom. The quantitative estimate of drug-likeness (QED) is 0.795. The standard InChI is InChI=1S/C20H17ClF3N3O3/c21-17-10-13(22)1-2-16(17)20(30)27-5-3-26(4-6-27)18(28)11-25-19(29)12-7-14(23)9-15(24)8-12/h1-2,7-10H,3-6,11H2,(H,25,29). The lowest BCUT2D eigenvalue weighted by Crippen LogP contribution is -2.52. The van der Waals surface area contributed by atoms with Gasteiger partial charge in [0.1, 0.15) is 17.5 Å². The minimum atomic E-state index is -0.895. The zero-order valence-corrected chi connectivity index (χ0v) is 16.4. The molecule has 1 aliphatic heterocycles. The molecule has 10 heteroatoms. The first-order valence-corrected chi connectivity index (χ1v) is 9.39. The number of nitrogens with one attached hydrogen (secondary N) is 1. The number of amides is 3. The molecule has 0 spiro atoms. The molecule has 1 aliphatic rings. The van der Waals surface area contributed by atoms with Crippen LogP contribution in [0.5, 0.6) is 0 Å². The Bertz CT molecular complexity index is 974. The first-order chi connectivity index (χ1) is 14.2. The van der Waals surface area contributed by atoms with E-state index < -0.39 is 29.3 Å². The van der Waals surface area contributed by atoms with Crippen LogP contribution in [0.4, 0.5) is 13.2 Å². The fourth-order valence-electron chi connectivity index (χ4n) is 3.05. The molecule has 3 amide bonds. The van der Waals surface area contributed by atoms with E-state index in [-0.39, 0.29) is 54.8 Å². The van der Waals surface area contributed by atoms with Crippen LogP contribution in [0.1, 0.15) is 20.7 Å². The molecular weight excluding hydrogens is 423 g/mol. The minimum absolute atomic E-state index is 0.00926. The first kappa shape index (κ1) is 21.6. The van der Waals surface area contributed by atoms with Crippen molar-refractivity contribution in [2.75, 3.05) is 32.7 Å². The fraction of sp³-hybridized carbons (Fsp3) is 0.250. The van der Waals surface area contributed by atoms with Gasteiger partial charge in [0.05, 0.1) is 17.1 Å². The van der Waals surface area contributed by atoms with Crippen molar-refractivity contribution >= 4 is 29.3 Å². The molecule has 1 N–H and O–H groups in total. The highest BCUT2D eigenvalue weighted by Gasteiger charge is 2.26. The number of piperazine rings is 1. The van der Waals surface area contributed by atoms with Gasteiger partial charge in [-0.2, -0.15) is 0 Å². The summed E-state index contributed by atoms with van der Waals surface area (Å²) in [5.74, 6) is -3.88. The molecule has 2 aromatic carbocycles. The Labute approximate surface area is 175 Å². The van der Waals surface area contributed by atoms with Crippen LogP contribution in [0.25, 0.3) is 0 Å². The summed E-state index contributed by atoms with van der Waals surface area (Å²) in [5.41, 5.74) is -0.0562. The third-order valence-corrected chi connectivity index (χ3v) is 4.92. The molecule has 0 aliphatic carbocycles. The van der Waals surface area contributed by atoms with Gasteiger partial charge in [-0.15, -0.1) is 0 Å². The van der Waals surface area contributed by atoms with Crippen molar-refractivity contribution in [3.05, 3.63) is 70.0 Å². The molecule has 0 radical (unpaired) electrons. The Balaban J connectivity index is 1.51. The highest BCUT2D eigenvalue weighted by Crippen LogP contribution is 2.20. The van der Waals surface area contributed by atoms with Crippen LogP contribution in [-0.4, -0.2) is 60.2 Å². The average Bonchev–Trinajstić information content (AvgIpc) is 2.70. The Morgan fingerprint density at radius 1 is 0.867 bits per heavy atom. The molecular formula is C20H17ClF3N3O3. The molecule has 0 unspecified atom stereocenters. The normalized spacial score (nSPS) is 13.9. The predicted molar refractivity (Wildman–Crippen MR) is 103 cm³/mol. The fourth-order valence-corrected chi connectivity index (χ4v) is 3.29. The molecule has 158 valence electrons. The van der Waals surface area contributed by atoms with Crippen molar-refractivity contribution in [3.63, 3.8) is 0 Å². The van der Waals surface area contributed by atoms with Crippen LogP contribution < -0.4 is 5.32 Å². The third-order valence-electron chi connectivity index (χ3n) is 4.61. The van der Waals surface area contributed by atoms with E-state index in [2.05, 4.69) is 5.32 Å². The second-order valence-electron chi connectivity index (χ2n) is 6.64. The van der Waals surface area contributed by atoms with E-state index in [0.29, 0.717) is 6.07 Å². The molecule has 3 rings (SSSR count). The van der Waals surface area contributed by atoms with Gasteiger partial charge in [0.25, 0.3) is 11.8 Å². The molecule has 0 bridgehead atoms. The predicted octanol–water partition coefficient (Wildman–Crippen LogP) is 2.47. The summed E-state index contributed by atoms with van der Waals surface area (Å²) in [6.45, 7) is 0.582. The monoisotopic (exact) mass is 439 g/mol. The molecule has 1 fully saturated rings. The van der Waals surface area contributed by atoms with Crippen LogP contribution in [0, 0.1) is 17.5 Å². The van der Waals surface area contributed by atoms with Crippen molar-refractivity contribution < 1.29 is 27.6 Å². The second kappa shape index (κ2) is 9.17. The summed E-state index contributed by atoms with van der Waals surface area (Å²) in [6.07, 6.45) is 0. The lowest BCUT2D eigenvalue weighted by atomic mass is 10.1. The summed E-state index contributed by atoms with van der Waals surface area (Å²) in [7, 11) is 0. The Morgan fingerprint density at radius 2 is 1.47 bits per heavy atom. The molecule has 0 atom stereocenters. The van der Waals surface area contributed by atoms with E-state index in [1.165, 1.54) is 15.9 Å². The van der Waals surface area contributed by atoms with Gasteiger partial charge < -0.3 is 15.1 Å². The van der Waals surface area contributed by atoms with Gasteiger partial charge in [0.15, 0.2) is 0 Å². The highest BCUT2D eigenvalue weighted by atomic mass is 35.5. The minimum Gasteiger partial charge on any atom is -0.343 e. The van der Waals surface area contributed by atoms with Gasteiger partial charge in [0, 0.05) is 37.8 Å². The van der Waals surface area contributed by atoms with E-state index in [4.69, 9.17) is 11.6 Å². The van der Waals surface area contributed by atoms with E-state index in [1.54, 1.807) is 0 Å². The zero-order chi connectivity index (χ0) is 21.8. The SMILES string of the molecule is O=C(NCC(=O)N1CCN(C(=O)c2ccc(F)cc2Cl)CC1)c1cc(F)cc(F)c1. The average molecular weight is 440 g/mol. The zero-order valence-electron chi connectivity index (χ0n) is 15.6. The Kier molecular flexibility index (Phi) is 6.61.